The second kappa shape index (κ2) is 11.9. The summed E-state index contributed by atoms with van der Waals surface area (Å²) in [4.78, 5) is 39.7. The molecule has 0 bridgehead atoms. The van der Waals surface area contributed by atoms with Crippen LogP contribution in [0.4, 0.5) is 23.7 Å². The fraction of sp³-hybridized carbons (Fsp3) is 0.240. The van der Waals surface area contributed by atoms with Crippen molar-refractivity contribution in [2.75, 3.05) is 19.1 Å². The lowest BCUT2D eigenvalue weighted by Crippen LogP contribution is -2.59. The van der Waals surface area contributed by atoms with Crippen molar-refractivity contribution >= 4 is 29.6 Å². The van der Waals surface area contributed by atoms with Crippen molar-refractivity contribution in [1.29, 1.82) is 10.7 Å². The predicted octanol–water partition coefficient (Wildman–Crippen LogP) is 3.35. The molecule has 3 amide bonds. The molecule has 0 radical (unpaired) electrons. The molecule has 1 aromatic carbocycles. The highest BCUT2D eigenvalue weighted by Gasteiger charge is 2.44. The zero-order valence-electron chi connectivity index (χ0n) is 20.7. The average molecular weight is 531 g/mol. The number of halogens is 3. The van der Waals surface area contributed by atoms with Crippen molar-refractivity contribution in [2.45, 2.75) is 25.6 Å². The molecule has 0 unspecified atom stereocenters. The lowest BCUT2D eigenvalue weighted by Gasteiger charge is -2.43. The van der Waals surface area contributed by atoms with Crippen molar-refractivity contribution in [2.24, 2.45) is 5.73 Å². The monoisotopic (exact) mass is 530 g/mol. The average Bonchev–Trinajstić information content (AvgIpc) is 2.87. The standard InChI is InChI=1S/C25H25F3N6O4/c1-5-15(13-29)9-10-16(11-19(35)32-3)21-20(22(36)38-4)14(2)33(23(30)34(21)24(31)37)18-8-6-7-17(12-18)25(26,27)28/h5-10,12,21,30H,1,11H2,2-4H3,(H2,31,37)(H,32,35)/b15-9+,16-10+,30-23?/t21-/m1/s1. The number of urea groups is 1. The largest absolute Gasteiger partial charge is 0.466 e. The molecule has 0 saturated carbocycles. The maximum atomic E-state index is 13.4. The van der Waals surface area contributed by atoms with Crippen molar-refractivity contribution in [1.82, 2.24) is 10.2 Å². The summed E-state index contributed by atoms with van der Waals surface area (Å²) in [5.41, 5.74) is 4.24. The third-order valence-corrected chi connectivity index (χ3v) is 5.59. The van der Waals surface area contributed by atoms with Gasteiger partial charge in [0.1, 0.15) is 0 Å². The summed E-state index contributed by atoms with van der Waals surface area (Å²) in [7, 11) is 2.41. The van der Waals surface area contributed by atoms with Crippen molar-refractivity contribution in [3.63, 3.8) is 0 Å². The SMILES string of the molecule is C=C/C(C#N)=C\C=C(/CC(=O)NC)[C@@H]1C(C(=O)OC)=C(C)N(c2cccc(C(F)(F)F)c2)C(=N)N1C(N)=O. The van der Waals surface area contributed by atoms with E-state index >= 15 is 0 Å². The summed E-state index contributed by atoms with van der Waals surface area (Å²) < 4.78 is 45.1. The van der Waals surface area contributed by atoms with Gasteiger partial charge in [-0.3, -0.25) is 20.0 Å². The Hall–Kier alpha value is -4.86. The van der Waals surface area contributed by atoms with Crippen LogP contribution in [0.2, 0.25) is 0 Å². The summed E-state index contributed by atoms with van der Waals surface area (Å²) in [6.45, 7) is 4.85. The summed E-state index contributed by atoms with van der Waals surface area (Å²) in [5, 5.41) is 20.4. The number of primary amides is 1. The highest BCUT2D eigenvalue weighted by Crippen LogP contribution is 2.38. The number of hydrogen-bond donors (Lipinski definition) is 3. The van der Waals surface area contributed by atoms with Gasteiger partial charge in [-0.25, -0.2) is 9.59 Å². The highest BCUT2D eigenvalue weighted by molar-refractivity contribution is 6.11. The number of amides is 3. The van der Waals surface area contributed by atoms with Gasteiger partial charge in [-0.2, -0.15) is 18.4 Å². The van der Waals surface area contributed by atoms with E-state index in [9.17, 15) is 32.8 Å². The minimum atomic E-state index is -4.71. The van der Waals surface area contributed by atoms with E-state index in [4.69, 9.17) is 15.9 Å². The van der Waals surface area contributed by atoms with Gasteiger partial charge < -0.3 is 15.8 Å². The van der Waals surface area contributed by atoms with Crippen LogP contribution < -0.4 is 16.0 Å². The summed E-state index contributed by atoms with van der Waals surface area (Å²) in [5.74, 6) is -2.21. The van der Waals surface area contributed by atoms with Gasteiger partial charge in [-0.1, -0.05) is 24.8 Å². The van der Waals surface area contributed by atoms with E-state index in [1.807, 2.05) is 6.07 Å². The highest BCUT2D eigenvalue weighted by atomic mass is 19.4. The molecule has 0 saturated heterocycles. The molecule has 0 aromatic heterocycles. The molecule has 0 spiro atoms. The molecule has 0 aliphatic carbocycles. The van der Waals surface area contributed by atoms with Crippen LogP contribution in [0.15, 0.2) is 71.5 Å². The minimum absolute atomic E-state index is 0.0420. The molecule has 4 N–H and O–H groups in total. The Balaban J connectivity index is 2.94. The quantitative estimate of drug-likeness (QED) is 0.279. The lowest BCUT2D eigenvalue weighted by molar-refractivity contribution is -0.138. The van der Waals surface area contributed by atoms with Crippen LogP contribution in [0.3, 0.4) is 0 Å². The Morgan fingerprint density at radius 1 is 1.32 bits per heavy atom. The van der Waals surface area contributed by atoms with Crippen LogP contribution in [-0.2, 0) is 20.5 Å². The maximum Gasteiger partial charge on any atom is 0.416 e. The van der Waals surface area contributed by atoms with Crippen LogP contribution >= 0.6 is 0 Å². The number of methoxy groups -OCH3 is 1. The van der Waals surface area contributed by atoms with Crippen LogP contribution in [0, 0.1) is 16.7 Å². The number of esters is 1. The Bertz CT molecular complexity index is 1310. The molecule has 1 aliphatic heterocycles. The summed E-state index contributed by atoms with van der Waals surface area (Å²) >= 11 is 0. The van der Waals surface area contributed by atoms with E-state index in [-0.39, 0.29) is 28.1 Å². The first kappa shape index (κ1) is 29.4. The normalized spacial score (nSPS) is 16.7. The predicted molar refractivity (Wildman–Crippen MR) is 132 cm³/mol. The number of nitriles is 1. The van der Waals surface area contributed by atoms with E-state index < -0.39 is 48.1 Å². The van der Waals surface area contributed by atoms with Gasteiger partial charge in [0.25, 0.3) is 0 Å². The van der Waals surface area contributed by atoms with E-state index in [2.05, 4.69) is 11.9 Å². The molecule has 1 atom stereocenters. The van der Waals surface area contributed by atoms with Crippen LogP contribution in [0.1, 0.15) is 18.9 Å². The molecule has 13 heteroatoms. The van der Waals surface area contributed by atoms with Gasteiger partial charge >= 0.3 is 18.2 Å². The molecular weight excluding hydrogens is 505 g/mol. The molecular formula is C25H25F3N6O4. The van der Waals surface area contributed by atoms with E-state index in [0.717, 1.165) is 30.2 Å². The maximum absolute atomic E-state index is 13.4. The molecule has 2 rings (SSSR count). The van der Waals surface area contributed by atoms with Gasteiger partial charge in [-0.15, -0.1) is 0 Å². The number of carbonyl (C=O) groups excluding carboxylic acids is 3. The third kappa shape index (κ3) is 6.09. The van der Waals surface area contributed by atoms with Crippen molar-refractivity contribution in [3.05, 3.63) is 77.1 Å². The van der Waals surface area contributed by atoms with Crippen molar-refractivity contribution in [3.8, 4) is 6.07 Å². The number of benzene rings is 1. The fourth-order valence-corrected chi connectivity index (χ4v) is 3.79. The van der Waals surface area contributed by atoms with Gasteiger partial charge in [0.2, 0.25) is 11.9 Å². The van der Waals surface area contributed by atoms with Crippen LogP contribution in [-0.4, -0.2) is 49.0 Å². The van der Waals surface area contributed by atoms with Crippen molar-refractivity contribution < 1.29 is 32.3 Å². The number of nitrogens with two attached hydrogens (primary N) is 1. The number of hydrogen-bond acceptors (Lipinski definition) is 6. The molecule has 1 aromatic rings. The number of carbonyl (C=O) groups is 3. The fourth-order valence-electron chi connectivity index (χ4n) is 3.79. The Morgan fingerprint density at radius 2 is 1.97 bits per heavy atom. The first-order chi connectivity index (χ1) is 17.8. The first-order valence-corrected chi connectivity index (χ1v) is 10.9. The van der Waals surface area contributed by atoms with Gasteiger partial charge in [0, 0.05) is 18.4 Å². The molecule has 1 heterocycles. The summed E-state index contributed by atoms with van der Waals surface area (Å²) in [6, 6.07) is 3.11. The third-order valence-electron chi connectivity index (χ3n) is 5.59. The topological polar surface area (TPSA) is 153 Å². The smallest absolute Gasteiger partial charge is 0.416 e. The zero-order valence-corrected chi connectivity index (χ0v) is 20.7. The first-order valence-electron chi connectivity index (χ1n) is 10.9. The van der Waals surface area contributed by atoms with Gasteiger partial charge in [-0.05, 0) is 36.8 Å². The molecule has 38 heavy (non-hydrogen) atoms. The van der Waals surface area contributed by atoms with E-state index in [0.29, 0.717) is 4.90 Å². The number of guanidine groups is 1. The number of anilines is 1. The van der Waals surface area contributed by atoms with Crippen LogP contribution in [0.25, 0.3) is 0 Å². The molecule has 10 nitrogen and oxygen atoms in total. The van der Waals surface area contributed by atoms with Gasteiger partial charge in [0.15, 0.2) is 0 Å². The van der Waals surface area contributed by atoms with E-state index in [1.54, 1.807) is 0 Å². The second-order valence-corrected chi connectivity index (χ2v) is 7.84. The Morgan fingerprint density at radius 3 is 2.47 bits per heavy atom. The lowest BCUT2D eigenvalue weighted by atomic mass is 9.90. The molecule has 0 fully saturated rings. The number of ether oxygens (including phenoxy) is 1. The van der Waals surface area contributed by atoms with Crippen LogP contribution in [0.5, 0.6) is 0 Å². The number of allylic oxidation sites excluding steroid dienone is 5. The minimum Gasteiger partial charge on any atom is -0.466 e. The zero-order chi connectivity index (χ0) is 28.8. The number of nitrogens with one attached hydrogen (secondary N) is 2. The molecule has 1 aliphatic rings. The second-order valence-electron chi connectivity index (χ2n) is 7.84. The van der Waals surface area contributed by atoms with Gasteiger partial charge in [0.05, 0.1) is 42.4 Å². The summed E-state index contributed by atoms with van der Waals surface area (Å²) in [6.07, 6.45) is -1.28. The van der Waals surface area contributed by atoms with E-state index in [1.165, 1.54) is 38.3 Å². The number of rotatable bonds is 7. The Kier molecular flexibility index (Phi) is 9.21. The molecule has 200 valence electrons. The number of alkyl halides is 3. The Labute approximate surface area is 216 Å². The number of nitrogens with zero attached hydrogens (tertiary/aromatic N) is 3.